The number of carbonyl (C=O) groups excluding carboxylic acids is 1. The van der Waals surface area contributed by atoms with E-state index in [1.807, 2.05) is 23.7 Å². The Morgan fingerprint density at radius 1 is 1.44 bits per heavy atom. The van der Waals surface area contributed by atoms with Gasteiger partial charge in [0.05, 0.1) is 4.88 Å². The molecule has 0 aliphatic rings. The molecule has 0 saturated carbocycles. The van der Waals surface area contributed by atoms with Gasteiger partial charge >= 0.3 is 0 Å². The number of imidazole rings is 1. The monoisotopic (exact) mass is 258 g/mol. The minimum Gasteiger partial charge on any atom is -0.310 e. The standard InChI is InChI=1S/C12H10N4OS/c1-8(17)14-11-10(9-4-2-7-18-9)15-12-13-5-3-6-16(11)12/h2-7H,1H3,(H,14,17). The zero-order valence-electron chi connectivity index (χ0n) is 9.62. The van der Waals surface area contributed by atoms with Gasteiger partial charge < -0.3 is 5.32 Å². The van der Waals surface area contributed by atoms with Crippen molar-refractivity contribution in [3.63, 3.8) is 0 Å². The van der Waals surface area contributed by atoms with Crippen LogP contribution in [0.5, 0.6) is 0 Å². The van der Waals surface area contributed by atoms with Crippen molar-refractivity contribution in [1.29, 1.82) is 0 Å². The number of nitrogens with zero attached hydrogens (tertiary/aromatic N) is 3. The van der Waals surface area contributed by atoms with E-state index < -0.39 is 0 Å². The number of rotatable bonds is 2. The number of nitrogens with one attached hydrogen (secondary N) is 1. The summed E-state index contributed by atoms with van der Waals surface area (Å²) in [5, 5.41) is 4.79. The van der Waals surface area contributed by atoms with Crippen LogP contribution in [0.25, 0.3) is 16.3 Å². The second kappa shape index (κ2) is 4.23. The molecule has 3 aromatic rings. The first-order valence-electron chi connectivity index (χ1n) is 5.40. The van der Waals surface area contributed by atoms with Crippen molar-refractivity contribution in [2.75, 3.05) is 5.32 Å². The van der Waals surface area contributed by atoms with Gasteiger partial charge in [0.15, 0.2) is 0 Å². The Balaban J connectivity index is 2.26. The van der Waals surface area contributed by atoms with Crippen molar-refractivity contribution in [3.8, 4) is 10.6 Å². The molecule has 0 radical (unpaired) electrons. The normalized spacial score (nSPS) is 10.7. The van der Waals surface area contributed by atoms with Gasteiger partial charge in [0, 0.05) is 19.3 Å². The predicted molar refractivity (Wildman–Crippen MR) is 70.6 cm³/mol. The molecule has 6 heteroatoms. The quantitative estimate of drug-likeness (QED) is 0.768. The summed E-state index contributed by atoms with van der Waals surface area (Å²) in [6.45, 7) is 1.48. The van der Waals surface area contributed by atoms with Gasteiger partial charge in [-0.3, -0.25) is 9.20 Å². The Morgan fingerprint density at radius 3 is 3.06 bits per heavy atom. The van der Waals surface area contributed by atoms with Crippen molar-refractivity contribution in [2.45, 2.75) is 6.92 Å². The maximum atomic E-state index is 11.3. The Bertz CT molecular complexity index is 702. The summed E-state index contributed by atoms with van der Waals surface area (Å²) < 4.78 is 1.77. The fourth-order valence-electron chi connectivity index (χ4n) is 1.76. The maximum absolute atomic E-state index is 11.3. The third kappa shape index (κ3) is 1.76. The Labute approximate surface area is 107 Å². The van der Waals surface area contributed by atoms with Crippen LogP contribution in [0.3, 0.4) is 0 Å². The van der Waals surface area contributed by atoms with Gasteiger partial charge in [0.1, 0.15) is 11.5 Å². The molecular weight excluding hydrogens is 248 g/mol. The molecule has 3 aromatic heterocycles. The third-order valence-corrected chi connectivity index (χ3v) is 3.33. The van der Waals surface area contributed by atoms with E-state index in [9.17, 15) is 4.79 Å². The van der Waals surface area contributed by atoms with E-state index in [-0.39, 0.29) is 5.91 Å². The first kappa shape index (κ1) is 10.9. The molecule has 3 rings (SSSR count). The van der Waals surface area contributed by atoms with Gasteiger partial charge in [-0.1, -0.05) is 6.07 Å². The first-order chi connectivity index (χ1) is 8.75. The van der Waals surface area contributed by atoms with Gasteiger partial charge in [-0.2, -0.15) is 0 Å². The topological polar surface area (TPSA) is 59.3 Å². The molecule has 0 bridgehead atoms. The minimum absolute atomic E-state index is 0.126. The summed E-state index contributed by atoms with van der Waals surface area (Å²) in [6.07, 6.45) is 3.51. The molecule has 0 aliphatic carbocycles. The van der Waals surface area contributed by atoms with E-state index in [1.54, 1.807) is 28.0 Å². The number of hydrogen-bond acceptors (Lipinski definition) is 4. The van der Waals surface area contributed by atoms with Gasteiger partial charge in [-0.15, -0.1) is 11.3 Å². The summed E-state index contributed by atoms with van der Waals surface area (Å²) in [5.41, 5.74) is 0.749. The highest BCUT2D eigenvalue weighted by molar-refractivity contribution is 7.13. The number of fused-ring (bicyclic) bond motifs is 1. The first-order valence-corrected chi connectivity index (χ1v) is 6.28. The van der Waals surface area contributed by atoms with E-state index in [0.717, 1.165) is 10.6 Å². The van der Waals surface area contributed by atoms with Crippen LogP contribution < -0.4 is 5.32 Å². The summed E-state index contributed by atoms with van der Waals surface area (Å²) in [4.78, 5) is 21.0. The number of anilines is 1. The average Bonchev–Trinajstić information content (AvgIpc) is 2.96. The van der Waals surface area contributed by atoms with Crippen LogP contribution in [0.2, 0.25) is 0 Å². The average molecular weight is 258 g/mol. The van der Waals surface area contributed by atoms with Crippen molar-refractivity contribution in [1.82, 2.24) is 14.4 Å². The largest absolute Gasteiger partial charge is 0.310 e. The van der Waals surface area contributed by atoms with Gasteiger partial charge in [-0.25, -0.2) is 9.97 Å². The second-order valence-electron chi connectivity index (χ2n) is 3.76. The molecule has 5 nitrogen and oxygen atoms in total. The lowest BCUT2D eigenvalue weighted by Crippen LogP contribution is -2.08. The molecule has 1 amide bonds. The second-order valence-corrected chi connectivity index (χ2v) is 4.70. The van der Waals surface area contributed by atoms with Crippen LogP contribution in [-0.4, -0.2) is 20.3 Å². The summed E-state index contributed by atoms with van der Waals surface area (Å²) in [5.74, 6) is 1.11. The molecule has 0 aromatic carbocycles. The van der Waals surface area contributed by atoms with Crippen LogP contribution in [0, 0.1) is 0 Å². The fourth-order valence-corrected chi connectivity index (χ4v) is 2.47. The van der Waals surface area contributed by atoms with Crippen LogP contribution in [0.4, 0.5) is 5.82 Å². The zero-order chi connectivity index (χ0) is 12.5. The Kier molecular flexibility index (Phi) is 2.56. The maximum Gasteiger partial charge on any atom is 0.236 e. The predicted octanol–water partition coefficient (Wildman–Crippen LogP) is 2.42. The SMILES string of the molecule is CC(=O)Nc1c(-c2cccs2)nc2ncccn12. The highest BCUT2D eigenvalue weighted by atomic mass is 32.1. The molecule has 0 saturated heterocycles. The zero-order valence-corrected chi connectivity index (χ0v) is 10.4. The number of hydrogen-bond donors (Lipinski definition) is 1. The van der Waals surface area contributed by atoms with Gasteiger partial charge in [0.25, 0.3) is 0 Å². The molecule has 0 atom stereocenters. The van der Waals surface area contributed by atoms with Crippen LogP contribution >= 0.6 is 11.3 Å². The van der Waals surface area contributed by atoms with Crippen molar-refractivity contribution in [3.05, 3.63) is 36.0 Å². The molecule has 3 heterocycles. The molecule has 90 valence electrons. The molecule has 0 unspecified atom stereocenters. The summed E-state index contributed by atoms with van der Waals surface area (Å²) in [6, 6.07) is 5.73. The van der Waals surface area contributed by atoms with E-state index in [4.69, 9.17) is 0 Å². The summed E-state index contributed by atoms with van der Waals surface area (Å²) >= 11 is 1.58. The Morgan fingerprint density at radius 2 is 2.33 bits per heavy atom. The molecule has 0 spiro atoms. The van der Waals surface area contributed by atoms with Crippen molar-refractivity contribution < 1.29 is 4.79 Å². The number of amides is 1. The molecule has 18 heavy (non-hydrogen) atoms. The molecule has 0 fully saturated rings. The molecule has 0 aliphatic heterocycles. The highest BCUT2D eigenvalue weighted by Crippen LogP contribution is 2.31. The lowest BCUT2D eigenvalue weighted by atomic mass is 10.3. The Hall–Kier alpha value is -2.21. The van der Waals surface area contributed by atoms with Crippen LogP contribution in [-0.2, 0) is 4.79 Å². The summed E-state index contributed by atoms with van der Waals surface area (Å²) in [7, 11) is 0. The molecular formula is C12H10N4OS. The van der Waals surface area contributed by atoms with Gasteiger partial charge in [-0.05, 0) is 17.5 Å². The van der Waals surface area contributed by atoms with Crippen molar-refractivity contribution in [2.24, 2.45) is 0 Å². The highest BCUT2D eigenvalue weighted by Gasteiger charge is 2.15. The minimum atomic E-state index is -0.126. The van der Waals surface area contributed by atoms with E-state index in [1.165, 1.54) is 6.92 Å². The third-order valence-electron chi connectivity index (χ3n) is 2.45. The fraction of sp³-hybridized carbons (Fsp3) is 0.0833. The van der Waals surface area contributed by atoms with E-state index in [0.29, 0.717) is 11.6 Å². The van der Waals surface area contributed by atoms with E-state index >= 15 is 0 Å². The number of carbonyl (C=O) groups is 1. The molecule has 1 N–H and O–H groups in total. The van der Waals surface area contributed by atoms with Crippen molar-refractivity contribution >= 4 is 28.8 Å². The van der Waals surface area contributed by atoms with Crippen LogP contribution in [0.1, 0.15) is 6.92 Å². The lowest BCUT2D eigenvalue weighted by molar-refractivity contribution is -0.114. The number of aromatic nitrogens is 3. The van der Waals surface area contributed by atoms with Crippen LogP contribution in [0.15, 0.2) is 36.0 Å². The van der Waals surface area contributed by atoms with E-state index in [2.05, 4.69) is 15.3 Å². The lowest BCUT2D eigenvalue weighted by Gasteiger charge is -2.03. The smallest absolute Gasteiger partial charge is 0.236 e. The number of thiophene rings is 1. The van der Waals surface area contributed by atoms with Gasteiger partial charge in [0.2, 0.25) is 11.7 Å².